The summed E-state index contributed by atoms with van der Waals surface area (Å²) in [6.07, 6.45) is 3.95. The third-order valence-electron chi connectivity index (χ3n) is 7.12. The molecule has 1 fully saturated rings. The summed E-state index contributed by atoms with van der Waals surface area (Å²) in [4.78, 5) is 33.8. The lowest BCUT2D eigenvalue weighted by atomic mass is 10.0. The Kier molecular flexibility index (Phi) is 9.41. The van der Waals surface area contributed by atoms with Crippen molar-refractivity contribution in [3.05, 3.63) is 132 Å². The highest BCUT2D eigenvalue weighted by molar-refractivity contribution is 7.89. The van der Waals surface area contributed by atoms with Crippen molar-refractivity contribution in [1.82, 2.24) is 19.9 Å². The number of carbonyl (C=O) groups is 2. The number of benzene rings is 3. The van der Waals surface area contributed by atoms with Crippen LogP contribution in [-0.2, 0) is 39.1 Å². The number of hydrogen-bond acceptors (Lipinski definition) is 5. The van der Waals surface area contributed by atoms with Gasteiger partial charge in [0, 0.05) is 25.2 Å². The number of nitrogens with one attached hydrogen (secondary N) is 2. The second kappa shape index (κ2) is 13.5. The first-order valence-electron chi connectivity index (χ1n) is 14.1. The van der Waals surface area contributed by atoms with Gasteiger partial charge in [0.25, 0.3) is 0 Å². The van der Waals surface area contributed by atoms with E-state index in [4.69, 9.17) is 0 Å². The molecular formula is C33H34N4O4S. The molecule has 0 saturated heterocycles. The second-order valence-corrected chi connectivity index (χ2v) is 12.1. The molecule has 5 rings (SSSR count). The molecule has 42 heavy (non-hydrogen) atoms. The van der Waals surface area contributed by atoms with E-state index in [-0.39, 0.29) is 42.3 Å². The van der Waals surface area contributed by atoms with Gasteiger partial charge in [-0.05, 0) is 60.2 Å². The summed E-state index contributed by atoms with van der Waals surface area (Å²) >= 11 is 0. The third-order valence-corrected chi connectivity index (χ3v) is 8.66. The summed E-state index contributed by atoms with van der Waals surface area (Å²) < 4.78 is 27.7. The van der Waals surface area contributed by atoms with E-state index in [1.807, 2.05) is 78.9 Å². The highest BCUT2D eigenvalue weighted by Crippen LogP contribution is 2.26. The molecule has 0 aliphatic heterocycles. The van der Waals surface area contributed by atoms with Crippen LogP contribution in [0.5, 0.6) is 0 Å². The maximum atomic E-state index is 13.9. The average molecular weight is 583 g/mol. The van der Waals surface area contributed by atoms with E-state index in [2.05, 4.69) is 15.0 Å². The smallest absolute Gasteiger partial charge is 0.247 e. The number of nitrogens with zero attached hydrogens (tertiary/aromatic N) is 2. The molecule has 3 aromatic carbocycles. The van der Waals surface area contributed by atoms with Crippen molar-refractivity contribution in [2.45, 2.75) is 55.8 Å². The molecule has 0 spiro atoms. The minimum absolute atomic E-state index is 0.0293. The number of hydrogen-bond donors (Lipinski definition) is 2. The van der Waals surface area contributed by atoms with Gasteiger partial charge in [-0.2, -0.15) is 0 Å². The van der Waals surface area contributed by atoms with E-state index >= 15 is 0 Å². The predicted octanol–water partition coefficient (Wildman–Crippen LogP) is 4.54. The van der Waals surface area contributed by atoms with Gasteiger partial charge < -0.3 is 10.2 Å². The summed E-state index contributed by atoms with van der Waals surface area (Å²) in [5, 5.41) is 2.97. The maximum Gasteiger partial charge on any atom is 0.247 e. The van der Waals surface area contributed by atoms with E-state index in [0.717, 1.165) is 29.7 Å². The molecule has 1 saturated carbocycles. The zero-order valence-electron chi connectivity index (χ0n) is 23.2. The van der Waals surface area contributed by atoms with Gasteiger partial charge in [0.15, 0.2) is 0 Å². The first kappa shape index (κ1) is 29.2. The first-order chi connectivity index (χ1) is 20.4. The molecule has 0 radical (unpaired) electrons. The van der Waals surface area contributed by atoms with Crippen molar-refractivity contribution in [2.24, 2.45) is 0 Å². The van der Waals surface area contributed by atoms with Crippen molar-refractivity contribution in [1.29, 1.82) is 0 Å². The molecule has 1 atom stereocenters. The molecule has 1 aliphatic carbocycles. The van der Waals surface area contributed by atoms with Crippen LogP contribution in [0.2, 0.25) is 0 Å². The molecule has 1 unspecified atom stereocenters. The van der Waals surface area contributed by atoms with Gasteiger partial charge >= 0.3 is 0 Å². The Balaban J connectivity index is 1.35. The number of pyridine rings is 1. The fraction of sp³-hybridized carbons (Fsp3) is 0.242. The Hall–Kier alpha value is -4.34. The molecule has 8 nitrogen and oxygen atoms in total. The Labute approximate surface area is 246 Å². The van der Waals surface area contributed by atoms with Crippen molar-refractivity contribution in [3.63, 3.8) is 0 Å². The number of amides is 2. The zero-order chi connectivity index (χ0) is 29.4. The van der Waals surface area contributed by atoms with Gasteiger partial charge in [0.05, 0.1) is 17.1 Å². The second-order valence-electron chi connectivity index (χ2n) is 10.4. The zero-order valence-corrected chi connectivity index (χ0v) is 24.0. The van der Waals surface area contributed by atoms with Crippen LogP contribution < -0.4 is 10.0 Å². The quantitative estimate of drug-likeness (QED) is 0.241. The van der Waals surface area contributed by atoms with Gasteiger partial charge in [-0.1, -0.05) is 78.9 Å². The summed E-state index contributed by atoms with van der Waals surface area (Å²) in [5.41, 5.74) is 3.17. The number of carbonyl (C=O) groups excluding carboxylic acids is 2. The first-order valence-corrected chi connectivity index (χ1v) is 15.5. The maximum absolute atomic E-state index is 13.9. The van der Waals surface area contributed by atoms with Crippen LogP contribution in [0, 0.1) is 0 Å². The fourth-order valence-corrected chi connectivity index (χ4v) is 6.01. The number of sulfonamides is 1. The van der Waals surface area contributed by atoms with Crippen LogP contribution in [0.1, 0.15) is 47.7 Å². The highest BCUT2D eigenvalue weighted by atomic mass is 32.2. The van der Waals surface area contributed by atoms with Gasteiger partial charge in [-0.15, -0.1) is 0 Å². The topological polar surface area (TPSA) is 108 Å². The molecule has 1 aromatic heterocycles. The summed E-state index contributed by atoms with van der Waals surface area (Å²) in [5.74, 6) is -0.485. The van der Waals surface area contributed by atoms with Crippen molar-refractivity contribution in [3.8, 4) is 0 Å². The molecule has 216 valence electrons. The van der Waals surface area contributed by atoms with Crippen molar-refractivity contribution >= 4 is 21.8 Å². The molecule has 0 bridgehead atoms. The van der Waals surface area contributed by atoms with Crippen LogP contribution >= 0.6 is 0 Å². The Bertz CT molecular complexity index is 1580. The number of aryl methyl sites for hydroxylation is 1. The van der Waals surface area contributed by atoms with Gasteiger partial charge in [-0.25, -0.2) is 13.1 Å². The van der Waals surface area contributed by atoms with E-state index in [1.54, 1.807) is 35.4 Å². The number of rotatable bonds is 13. The van der Waals surface area contributed by atoms with Crippen LogP contribution in [0.15, 0.2) is 114 Å². The standard InChI is InChI=1S/C33H34N4O4S/c38-31(21-16-25-14-19-30(20-15-25)42(40,41)36-28-17-18-28)37(24-26-9-3-1-4-10-26)32(27-11-5-2-6-12-27)33(39)35-23-29-13-7-8-22-34-29/h1-15,19-20,22,28,32,36H,16-18,21,23-24H2,(H,35,39). The van der Waals surface area contributed by atoms with Crippen molar-refractivity contribution < 1.29 is 18.0 Å². The van der Waals surface area contributed by atoms with Gasteiger partial charge in [-0.3, -0.25) is 14.6 Å². The predicted molar refractivity (Wildman–Crippen MR) is 160 cm³/mol. The average Bonchev–Trinajstić information content (AvgIpc) is 3.83. The van der Waals surface area contributed by atoms with Gasteiger partial charge in [0.1, 0.15) is 6.04 Å². The Morgan fingerprint density at radius 1 is 0.833 bits per heavy atom. The molecule has 9 heteroatoms. The lowest BCUT2D eigenvalue weighted by molar-refractivity contribution is -0.141. The third kappa shape index (κ3) is 7.90. The van der Waals surface area contributed by atoms with E-state index in [1.165, 1.54) is 0 Å². The SMILES string of the molecule is O=C(NCc1ccccn1)C(c1ccccc1)N(Cc1ccccc1)C(=O)CCc1ccc(S(=O)(=O)NC2CC2)cc1. The normalized spacial score (nSPS) is 13.7. The lowest BCUT2D eigenvalue weighted by Gasteiger charge is -2.32. The van der Waals surface area contributed by atoms with Crippen LogP contribution in [0.25, 0.3) is 0 Å². The molecule has 1 heterocycles. The molecule has 4 aromatic rings. The van der Waals surface area contributed by atoms with Crippen molar-refractivity contribution in [2.75, 3.05) is 0 Å². The fourth-order valence-electron chi connectivity index (χ4n) is 4.71. The van der Waals surface area contributed by atoms with E-state index in [9.17, 15) is 18.0 Å². The minimum atomic E-state index is -3.54. The lowest BCUT2D eigenvalue weighted by Crippen LogP contribution is -2.43. The summed E-state index contributed by atoms with van der Waals surface area (Å²) in [6, 6.07) is 30.2. The van der Waals surface area contributed by atoms with Crippen LogP contribution in [0.4, 0.5) is 0 Å². The molecule has 1 aliphatic rings. The van der Waals surface area contributed by atoms with Crippen LogP contribution in [-0.4, -0.2) is 36.2 Å². The highest BCUT2D eigenvalue weighted by Gasteiger charge is 2.31. The minimum Gasteiger partial charge on any atom is -0.348 e. The van der Waals surface area contributed by atoms with Crippen LogP contribution in [0.3, 0.4) is 0 Å². The summed E-state index contributed by atoms with van der Waals surface area (Å²) in [7, 11) is -3.54. The number of aromatic nitrogens is 1. The monoisotopic (exact) mass is 582 g/mol. The molecular weight excluding hydrogens is 548 g/mol. The molecule has 2 N–H and O–H groups in total. The molecule has 2 amide bonds. The largest absolute Gasteiger partial charge is 0.348 e. The van der Waals surface area contributed by atoms with Gasteiger partial charge in [0.2, 0.25) is 21.8 Å². The van der Waals surface area contributed by atoms with E-state index < -0.39 is 16.1 Å². The Morgan fingerprint density at radius 2 is 1.50 bits per heavy atom. The van der Waals surface area contributed by atoms with E-state index in [0.29, 0.717) is 12.0 Å². The Morgan fingerprint density at radius 3 is 2.14 bits per heavy atom. The summed E-state index contributed by atoms with van der Waals surface area (Å²) in [6.45, 7) is 0.488.